The molecule has 2 nitrogen and oxygen atoms in total. The van der Waals surface area contributed by atoms with Crippen molar-refractivity contribution in [3.05, 3.63) is 22.7 Å². The highest BCUT2D eigenvalue weighted by Gasteiger charge is 2.03. The lowest BCUT2D eigenvalue weighted by Gasteiger charge is -1.86. The number of aryl methyl sites for hydroxylation is 1. The molecule has 4 heteroatoms. The molecule has 0 amide bonds. The first kappa shape index (κ1) is 7.41. The van der Waals surface area contributed by atoms with E-state index in [2.05, 4.69) is 22.1 Å². The van der Waals surface area contributed by atoms with Gasteiger partial charge in [0.1, 0.15) is 0 Å². The van der Waals surface area contributed by atoms with Crippen LogP contribution >= 0.6 is 22.7 Å². The van der Waals surface area contributed by atoms with Gasteiger partial charge in [0.05, 0.1) is 31.0 Å². The highest BCUT2D eigenvalue weighted by atomic mass is 32.1. The minimum absolute atomic E-state index is 1.08. The van der Waals surface area contributed by atoms with Gasteiger partial charge in [0.15, 0.2) is 0 Å². The van der Waals surface area contributed by atoms with Crippen molar-refractivity contribution in [2.24, 2.45) is 0 Å². The first-order chi connectivity index (χ1) is 6.33. The van der Waals surface area contributed by atoms with Crippen molar-refractivity contribution in [1.82, 2.24) is 9.97 Å². The molecule has 0 saturated carbocycles. The van der Waals surface area contributed by atoms with Gasteiger partial charge < -0.3 is 0 Å². The van der Waals surface area contributed by atoms with Gasteiger partial charge in [-0.1, -0.05) is 0 Å². The van der Waals surface area contributed by atoms with Crippen LogP contribution in [0.1, 0.15) is 5.01 Å². The molecule has 0 aliphatic heterocycles. The molecular weight excluding hydrogens is 200 g/mol. The average molecular weight is 206 g/mol. The number of hydrogen-bond acceptors (Lipinski definition) is 4. The zero-order chi connectivity index (χ0) is 8.84. The number of aromatic nitrogens is 2. The van der Waals surface area contributed by atoms with Crippen molar-refractivity contribution < 1.29 is 0 Å². The van der Waals surface area contributed by atoms with E-state index in [4.69, 9.17) is 0 Å². The topological polar surface area (TPSA) is 25.8 Å². The molecule has 3 aromatic rings. The van der Waals surface area contributed by atoms with Gasteiger partial charge in [0, 0.05) is 0 Å². The molecule has 0 radical (unpaired) electrons. The average Bonchev–Trinajstić information content (AvgIpc) is 2.63. The predicted octanol–water partition coefficient (Wildman–Crippen LogP) is 3.21. The van der Waals surface area contributed by atoms with Crippen LogP contribution in [0.4, 0.5) is 0 Å². The molecule has 2 aromatic heterocycles. The van der Waals surface area contributed by atoms with Crippen LogP contribution in [0.5, 0.6) is 0 Å². The molecule has 3 rings (SSSR count). The normalized spacial score (nSPS) is 11.5. The summed E-state index contributed by atoms with van der Waals surface area (Å²) in [6, 6.07) is 4.23. The van der Waals surface area contributed by atoms with E-state index in [1.807, 2.05) is 12.4 Å². The largest absolute Gasteiger partial charge is 0.245 e. The van der Waals surface area contributed by atoms with Gasteiger partial charge in [0.2, 0.25) is 0 Å². The Morgan fingerprint density at radius 2 is 2.00 bits per heavy atom. The van der Waals surface area contributed by atoms with Crippen LogP contribution in [0.2, 0.25) is 0 Å². The summed E-state index contributed by atoms with van der Waals surface area (Å²) in [4.78, 5) is 8.72. The van der Waals surface area contributed by atoms with Gasteiger partial charge in [0.25, 0.3) is 0 Å². The molecule has 0 bridgehead atoms. The molecule has 0 aliphatic carbocycles. The molecule has 0 unspecified atom stereocenters. The third kappa shape index (κ3) is 1.06. The van der Waals surface area contributed by atoms with Crippen molar-refractivity contribution in [1.29, 1.82) is 0 Å². The number of hydrogen-bond donors (Lipinski definition) is 0. The predicted molar refractivity (Wildman–Crippen MR) is 57.5 cm³/mol. The zero-order valence-corrected chi connectivity index (χ0v) is 8.58. The minimum Gasteiger partial charge on any atom is -0.245 e. The van der Waals surface area contributed by atoms with Gasteiger partial charge in [-0.2, -0.15) is 0 Å². The Kier molecular flexibility index (Phi) is 1.42. The van der Waals surface area contributed by atoms with Crippen LogP contribution in [-0.2, 0) is 0 Å². The number of nitrogens with zero attached hydrogens (tertiary/aromatic N) is 2. The molecule has 0 atom stereocenters. The monoisotopic (exact) mass is 206 g/mol. The van der Waals surface area contributed by atoms with Crippen LogP contribution in [-0.4, -0.2) is 9.97 Å². The summed E-state index contributed by atoms with van der Waals surface area (Å²) >= 11 is 3.39. The first-order valence-corrected chi connectivity index (χ1v) is 5.63. The summed E-state index contributed by atoms with van der Waals surface area (Å²) in [5.41, 5.74) is 4.06. The molecular formula is C9H6N2S2. The standard InChI is InChI=1S/C9H6N2S2/c1-5-11-7-3-8-6(10-4-12-8)2-9(7)13-5/h2-4H,1H3. The van der Waals surface area contributed by atoms with Gasteiger partial charge in [-0.05, 0) is 19.1 Å². The van der Waals surface area contributed by atoms with E-state index >= 15 is 0 Å². The zero-order valence-electron chi connectivity index (χ0n) is 6.94. The molecule has 64 valence electrons. The number of fused-ring (bicyclic) bond motifs is 2. The SMILES string of the molecule is Cc1nc2cc3scnc3cc2s1. The van der Waals surface area contributed by atoms with Crippen LogP contribution in [0, 0.1) is 6.92 Å². The van der Waals surface area contributed by atoms with E-state index in [1.165, 1.54) is 9.40 Å². The maximum absolute atomic E-state index is 4.44. The van der Waals surface area contributed by atoms with Crippen molar-refractivity contribution >= 4 is 43.1 Å². The lowest BCUT2D eigenvalue weighted by Crippen LogP contribution is -1.69. The molecule has 0 aliphatic rings. The summed E-state index contributed by atoms with van der Waals surface area (Å²) in [6.45, 7) is 2.03. The highest BCUT2D eigenvalue weighted by molar-refractivity contribution is 7.19. The number of benzene rings is 1. The number of rotatable bonds is 0. The van der Waals surface area contributed by atoms with E-state index in [1.54, 1.807) is 22.7 Å². The summed E-state index contributed by atoms with van der Waals surface area (Å²) in [5.74, 6) is 0. The number of thiazole rings is 2. The Balaban J connectivity index is 2.54. The van der Waals surface area contributed by atoms with Crippen molar-refractivity contribution in [2.75, 3.05) is 0 Å². The van der Waals surface area contributed by atoms with E-state index in [-0.39, 0.29) is 0 Å². The summed E-state index contributed by atoms with van der Waals surface area (Å²) in [6.07, 6.45) is 0. The lowest BCUT2D eigenvalue weighted by atomic mass is 10.3. The van der Waals surface area contributed by atoms with Crippen LogP contribution in [0.15, 0.2) is 17.6 Å². The second-order valence-electron chi connectivity index (χ2n) is 2.87. The summed E-state index contributed by atoms with van der Waals surface area (Å²) in [7, 11) is 0. The molecule has 0 N–H and O–H groups in total. The van der Waals surface area contributed by atoms with E-state index in [9.17, 15) is 0 Å². The van der Waals surface area contributed by atoms with Crippen LogP contribution in [0.3, 0.4) is 0 Å². The van der Waals surface area contributed by atoms with E-state index in [0.29, 0.717) is 0 Å². The Labute approximate surface area is 82.9 Å². The van der Waals surface area contributed by atoms with Gasteiger partial charge in [-0.15, -0.1) is 22.7 Å². The Bertz CT molecular complexity index is 531. The van der Waals surface area contributed by atoms with Crippen LogP contribution < -0.4 is 0 Å². The quantitative estimate of drug-likeness (QED) is 0.564. The molecule has 0 spiro atoms. The molecule has 1 aromatic carbocycles. The minimum atomic E-state index is 1.08. The van der Waals surface area contributed by atoms with Crippen molar-refractivity contribution in [2.45, 2.75) is 6.92 Å². The van der Waals surface area contributed by atoms with Gasteiger partial charge in [-0.25, -0.2) is 9.97 Å². The summed E-state index contributed by atoms with van der Waals surface area (Å²) < 4.78 is 2.45. The fourth-order valence-corrected chi connectivity index (χ4v) is 2.93. The Hall–Kier alpha value is -1.00. The smallest absolute Gasteiger partial charge is 0.0907 e. The fraction of sp³-hybridized carbons (Fsp3) is 0.111. The fourth-order valence-electron chi connectivity index (χ4n) is 1.39. The van der Waals surface area contributed by atoms with Gasteiger partial charge in [-0.3, -0.25) is 0 Å². The highest BCUT2D eigenvalue weighted by Crippen LogP contribution is 2.28. The molecule has 0 fully saturated rings. The third-order valence-electron chi connectivity index (χ3n) is 1.95. The maximum atomic E-state index is 4.44. The Morgan fingerprint density at radius 3 is 2.92 bits per heavy atom. The lowest BCUT2D eigenvalue weighted by molar-refractivity contribution is 1.35. The van der Waals surface area contributed by atoms with Crippen molar-refractivity contribution in [3.8, 4) is 0 Å². The van der Waals surface area contributed by atoms with Gasteiger partial charge >= 0.3 is 0 Å². The summed E-state index contributed by atoms with van der Waals surface area (Å²) in [5, 5.41) is 1.12. The maximum Gasteiger partial charge on any atom is 0.0907 e. The molecule has 2 heterocycles. The second kappa shape index (κ2) is 2.49. The molecule has 0 saturated heterocycles. The Morgan fingerprint density at radius 1 is 1.15 bits per heavy atom. The first-order valence-electron chi connectivity index (χ1n) is 3.93. The van der Waals surface area contributed by atoms with E-state index < -0.39 is 0 Å². The third-order valence-corrected chi connectivity index (χ3v) is 3.67. The molecule has 13 heavy (non-hydrogen) atoms. The van der Waals surface area contributed by atoms with Crippen molar-refractivity contribution in [3.63, 3.8) is 0 Å². The second-order valence-corrected chi connectivity index (χ2v) is 4.99. The van der Waals surface area contributed by atoms with Crippen LogP contribution in [0.25, 0.3) is 20.4 Å². The van der Waals surface area contributed by atoms with E-state index in [0.717, 1.165) is 16.0 Å².